The molecule has 2 aromatic carbocycles. The molecule has 0 amide bonds. The minimum atomic E-state index is -0.275. The quantitative estimate of drug-likeness (QED) is 0.842. The van der Waals surface area contributed by atoms with Gasteiger partial charge in [-0.05, 0) is 24.6 Å². The van der Waals surface area contributed by atoms with E-state index in [0.717, 1.165) is 11.3 Å². The molecule has 0 radical (unpaired) electrons. The number of nitrogens with one attached hydrogen (secondary N) is 1. The number of benzene rings is 2. The number of carbonyl (C=O) groups is 1. The summed E-state index contributed by atoms with van der Waals surface area (Å²) in [5.74, 6) is -0.495. The van der Waals surface area contributed by atoms with Crippen LogP contribution in [0.3, 0.4) is 0 Å². The Kier molecular flexibility index (Phi) is 4.77. The van der Waals surface area contributed by atoms with Crippen molar-refractivity contribution in [2.45, 2.75) is 13.0 Å². The predicted octanol–water partition coefficient (Wildman–Crippen LogP) is 3.65. The van der Waals surface area contributed by atoms with E-state index in [1.807, 2.05) is 67.6 Å². The Morgan fingerprint density at radius 2 is 1.55 bits per heavy atom. The van der Waals surface area contributed by atoms with Crippen LogP contribution in [0.4, 0.5) is 5.69 Å². The average molecular weight is 269 g/mol. The maximum absolute atomic E-state index is 11.9. The Hall–Kier alpha value is -2.29. The summed E-state index contributed by atoms with van der Waals surface area (Å²) in [5, 5.41) is 3.41. The van der Waals surface area contributed by atoms with E-state index < -0.39 is 0 Å². The van der Waals surface area contributed by atoms with Crippen molar-refractivity contribution >= 4 is 11.7 Å². The highest BCUT2D eigenvalue weighted by molar-refractivity contribution is 5.73. The third-order valence-electron chi connectivity index (χ3n) is 3.33. The molecule has 3 heteroatoms. The molecule has 2 rings (SSSR count). The van der Waals surface area contributed by atoms with Crippen molar-refractivity contribution < 1.29 is 9.53 Å². The number of anilines is 1. The van der Waals surface area contributed by atoms with Crippen molar-refractivity contribution in [2.24, 2.45) is 5.92 Å². The zero-order valence-electron chi connectivity index (χ0n) is 11.7. The van der Waals surface area contributed by atoms with E-state index in [0.29, 0.717) is 0 Å². The van der Waals surface area contributed by atoms with Crippen molar-refractivity contribution in [3.8, 4) is 0 Å². The Morgan fingerprint density at radius 3 is 2.10 bits per heavy atom. The molecule has 0 aliphatic heterocycles. The lowest BCUT2D eigenvalue weighted by atomic mass is 9.94. The molecule has 2 aromatic rings. The fourth-order valence-electron chi connectivity index (χ4n) is 2.19. The number of carbonyl (C=O) groups excluding carboxylic acids is 1. The average Bonchev–Trinajstić information content (AvgIpc) is 2.53. The van der Waals surface area contributed by atoms with Gasteiger partial charge in [0, 0.05) is 5.69 Å². The number of para-hydroxylation sites is 1. The second-order valence-electron chi connectivity index (χ2n) is 4.71. The van der Waals surface area contributed by atoms with Gasteiger partial charge in [-0.2, -0.15) is 0 Å². The molecule has 0 bridgehead atoms. The first-order valence-corrected chi connectivity index (χ1v) is 6.66. The van der Waals surface area contributed by atoms with Gasteiger partial charge in [-0.25, -0.2) is 0 Å². The van der Waals surface area contributed by atoms with E-state index in [1.165, 1.54) is 7.11 Å². The number of ether oxygens (including phenoxy) is 1. The summed E-state index contributed by atoms with van der Waals surface area (Å²) >= 11 is 0. The molecule has 0 aliphatic carbocycles. The summed E-state index contributed by atoms with van der Waals surface area (Å²) in [5.41, 5.74) is 2.05. The van der Waals surface area contributed by atoms with Crippen LogP contribution < -0.4 is 5.32 Å². The van der Waals surface area contributed by atoms with E-state index >= 15 is 0 Å². The van der Waals surface area contributed by atoms with Gasteiger partial charge < -0.3 is 10.1 Å². The van der Waals surface area contributed by atoms with Crippen LogP contribution >= 0.6 is 0 Å². The molecule has 1 N–H and O–H groups in total. The zero-order chi connectivity index (χ0) is 14.4. The first-order valence-electron chi connectivity index (χ1n) is 6.66. The Labute approximate surface area is 119 Å². The van der Waals surface area contributed by atoms with Crippen LogP contribution in [0, 0.1) is 5.92 Å². The first kappa shape index (κ1) is 14.1. The molecule has 20 heavy (non-hydrogen) atoms. The number of hydrogen-bond donors (Lipinski definition) is 1. The third kappa shape index (κ3) is 3.38. The van der Waals surface area contributed by atoms with Gasteiger partial charge in [-0.15, -0.1) is 0 Å². The summed E-state index contributed by atoms with van der Waals surface area (Å²) in [6.07, 6.45) is 0. The second kappa shape index (κ2) is 6.75. The molecule has 0 fully saturated rings. The van der Waals surface area contributed by atoms with Crippen LogP contribution in [-0.2, 0) is 9.53 Å². The molecule has 0 aliphatic rings. The third-order valence-corrected chi connectivity index (χ3v) is 3.33. The summed E-state index contributed by atoms with van der Waals surface area (Å²) in [4.78, 5) is 11.9. The SMILES string of the molecule is COC(=O)[C@@H](C)[C@H](Nc1ccccc1)c1ccccc1. The number of hydrogen-bond acceptors (Lipinski definition) is 3. The van der Waals surface area contributed by atoms with Crippen LogP contribution in [0.25, 0.3) is 0 Å². The second-order valence-corrected chi connectivity index (χ2v) is 4.71. The van der Waals surface area contributed by atoms with Crippen molar-refractivity contribution in [1.82, 2.24) is 0 Å². The standard InChI is InChI=1S/C17H19NO2/c1-13(17(19)20-2)16(14-9-5-3-6-10-14)18-15-11-7-4-8-12-15/h3-13,16,18H,1-2H3/t13-,16-/m0/s1. The number of rotatable bonds is 5. The molecule has 0 heterocycles. The molecule has 0 spiro atoms. The Balaban J connectivity index is 2.27. The van der Waals surface area contributed by atoms with Crippen LogP contribution in [0.2, 0.25) is 0 Å². The molecular formula is C17H19NO2. The highest BCUT2D eigenvalue weighted by Gasteiger charge is 2.26. The predicted molar refractivity (Wildman–Crippen MR) is 80.4 cm³/mol. The van der Waals surface area contributed by atoms with Crippen LogP contribution in [0.15, 0.2) is 60.7 Å². The van der Waals surface area contributed by atoms with Crippen LogP contribution in [-0.4, -0.2) is 13.1 Å². The summed E-state index contributed by atoms with van der Waals surface area (Å²) in [6, 6.07) is 19.7. The molecule has 3 nitrogen and oxygen atoms in total. The first-order chi connectivity index (χ1) is 9.72. The highest BCUT2D eigenvalue weighted by atomic mass is 16.5. The van der Waals surface area contributed by atoms with Crippen molar-refractivity contribution in [2.75, 3.05) is 12.4 Å². The van der Waals surface area contributed by atoms with Crippen molar-refractivity contribution in [3.63, 3.8) is 0 Å². The van der Waals surface area contributed by atoms with Crippen LogP contribution in [0.1, 0.15) is 18.5 Å². The van der Waals surface area contributed by atoms with Crippen molar-refractivity contribution in [1.29, 1.82) is 0 Å². The molecule has 0 saturated carbocycles. The van der Waals surface area contributed by atoms with Gasteiger partial charge in [0.2, 0.25) is 0 Å². The lowest BCUT2D eigenvalue weighted by Gasteiger charge is -2.25. The van der Waals surface area contributed by atoms with Gasteiger partial charge >= 0.3 is 5.97 Å². The maximum Gasteiger partial charge on any atom is 0.310 e. The van der Waals surface area contributed by atoms with Gasteiger partial charge in [-0.3, -0.25) is 4.79 Å². The molecule has 104 valence electrons. The van der Waals surface area contributed by atoms with E-state index in [1.54, 1.807) is 0 Å². The monoisotopic (exact) mass is 269 g/mol. The van der Waals surface area contributed by atoms with Gasteiger partial charge in [-0.1, -0.05) is 48.5 Å². The minimum absolute atomic E-state index is 0.119. The normalized spacial score (nSPS) is 13.3. The van der Waals surface area contributed by atoms with E-state index in [4.69, 9.17) is 4.74 Å². The lowest BCUT2D eigenvalue weighted by Crippen LogP contribution is -2.26. The van der Waals surface area contributed by atoms with Gasteiger partial charge in [0.1, 0.15) is 0 Å². The maximum atomic E-state index is 11.9. The summed E-state index contributed by atoms with van der Waals surface area (Å²) in [6.45, 7) is 1.87. The van der Waals surface area contributed by atoms with E-state index in [9.17, 15) is 4.79 Å². The summed E-state index contributed by atoms with van der Waals surface area (Å²) in [7, 11) is 1.42. The van der Waals surface area contributed by atoms with Crippen molar-refractivity contribution in [3.05, 3.63) is 66.2 Å². The fourth-order valence-corrected chi connectivity index (χ4v) is 2.19. The Morgan fingerprint density at radius 1 is 1.00 bits per heavy atom. The molecule has 0 unspecified atom stereocenters. The Bertz CT molecular complexity index is 539. The smallest absolute Gasteiger partial charge is 0.310 e. The van der Waals surface area contributed by atoms with Gasteiger partial charge in [0.05, 0.1) is 19.1 Å². The van der Waals surface area contributed by atoms with Gasteiger partial charge in [0.15, 0.2) is 0 Å². The molecule has 0 aromatic heterocycles. The highest BCUT2D eigenvalue weighted by Crippen LogP contribution is 2.27. The fraction of sp³-hybridized carbons (Fsp3) is 0.235. The minimum Gasteiger partial charge on any atom is -0.469 e. The molecule has 2 atom stereocenters. The molecular weight excluding hydrogens is 250 g/mol. The van der Waals surface area contributed by atoms with Gasteiger partial charge in [0.25, 0.3) is 0 Å². The van der Waals surface area contributed by atoms with E-state index in [2.05, 4.69) is 5.32 Å². The van der Waals surface area contributed by atoms with E-state index in [-0.39, 0.29) is 17.9 Å². The largest absolute Gasteiger partial charge is 0.469 e. The number of methoxy groups -OCH3 is 1. The van der Waals surface area contributed by atoms with Crippen LogP contribution in [0.5, 0.6) is 0 Å². The topological polar surface area (TPSA) is 38.3 Å². The number of esters is 1. The lowest BCUT2D eigenvalue weighted by molar-refractivity contribution is -0.145. The molecule has 0 saturated heterocycles. The zero-order valence-corrected chi connectivity index (χ0v) is 11.7. The summed E-state index contributed by atoms with van der Waals surface area (Å²) < 4.78 is 4.87.